The zero-order valence-electron chi connectivity index (χ0n) is 22.6. The molecule has 1 aliphatic heterocycles. The Morgan fingerprint density at radius 1 is 0.946 bits per heavy atom. The molecule has 6 heteroatoms. The number of carbonyl (C=O) groups excluding carboxylic acids is 2. The van der Waals surface area contributed by atoms with Gasteiger partial charge in [0.1, 0.15) is 0 Å². The highest BCUT2D eigenvalue weighted by molar-refractivity contribution is 5.88. The van der Waals surface area contributed by atoms with Crippen molar-refractivity contribution >= 4 is 12.0 Å². The molecule has 0 N–H and O–H groups in total. The largest absolute Gasteiger partial charge is 0.464 e. The number of hydrogen-bond donors (Lipinski definition) is 0. The molecule has 0 radical (unpaired) electrons. The molecule has 1 saturated heterocycles. The van der Waals surface area contributed by atoms with Gasteiger partial charge in [-0.15, -0.1) is 0 Å². The number of nitrogens with zero attached hydrogens (tertiary/aromatic N) is 2. The lowest BCUT2D eigenvalue weighted by Gasteiger charge is -2.35. The smallest absolute Gasteiger partial charge is 0.333 e. The Bertz CT molecular complexity index is 1100. The molecule has 198 valence electrons. The molecule has 6 nitrogen and oxygen atoms in total. The summed E-state index contributed by atoms with van der Waals surface area (Å²) in [5.41, 5.74) is 1.65. The summed E-state index contributed by atoms with van der Waals surface area (Å²) in [6.07, 6.45) is 3.27. The monoisotopic (exact) mass is 504 g/mol. The first-order valence-corrected chi connectivity index (χ1v) is 13.8. The summed E-state index contributed by atoms with van der Waals surface area (Å²) in [7, 11) is 0. The van der Waals surface area contributed by atoms with E-state index in [1.165, 1.54) is 6.42 Å². The van der Waals surface area contributed by atoms with Crippen LogP contribution in [-0.4, -0.2) is 46.3 Å². The average molecular weight is 505 g/mol. The Morgan fingerprint density at radius 2 is 1.54 bits per heavy atom. The third-order valence-corrected chi connectivity index (χ3v) is 8.86. The molecule has 37 heavy (non-hydrogen) atoms. The molecule has 0 spiro atoms. The number of hydrogen-bond acceptors (Lipinski definition) is 4. The minimum Gasteiger partial charge on any atom is -0.464 e. The topological polar surface area (TPSA) is 59.1 Å². The highest BCUT2D eigenvalue weighted by atomic mass is 16.6. The number of ether oxygens (including phenoxy) is 2. The number of urea groups is 1. The van der Waals surface area contributed by atoms with E-state index in [-0.39, 0.29) is 23.0 Å². The van der Waals surface area contributed by atoms with Gasteiger partial charge in [-0.3, -0.25) is 4.90 Å². The zero-order chi connectivity index (χ0) is 26.2. The molecule has 2 amide bonds. The molecule has 1 heterocycles. The van der Waals surface area contributed by atoms with Crippen LogP contribution in [-0.2, 0) is 27.4 Å². The molecule has 2 saturated carbocycles. The number of benzene rings is 2. The van der Waals surface area contributed by atoms with Crippen molar-refractivity contribution in [2.45, 2.75) is 84.3 Å². The van der Waals surface area contributed by atoms with Crippen LogP contribution in [0.1, 0.15) is 64.5 Å². The molecule has 5 rings (SSSR count). The van der Waals surface area contributed by atoms with Crippen LogP contribution in [0.4, 0.5) is 4.79 Å². The quantitative estimate of drug-likeness (QED) is 0.393. The van der Waals surface area contributed by atoms with Crippen LogP contribution >= 0.6 is 0 Å². The van der Waals surface area contributed by atoms with Crippen molar-refractivity contribution in [3.05, 3.63) is 71.8 Å². The van der Waals surface area contributed by atoms with Crippen LogP contribution < -0.4 is 0 Å². The predicted molar refractivity (Wildman–Crippen MR) is 142 cm³/mol. The number of esters is 1. The molecular formula is C31H40N2O4. The maximum absolute atomic E-state index is 14.1. The summed E-state index contributed by atoms with van der Waals surface area (Å²) in [6.45, 7) is 9.84. The summed E-state index contributed by atoms with van der Waals surface area (Å²) in [4.78, 5) is 31.1. The Balaban J connectivity index is 1.53. The van der Waals surface area contributed by atoms with Gasteiger partial charge >= 0.3 is 12.0 Å². The van der Waals surface area contributed by atoms with E-state index in [0.29, 0.717) is 31.5 Å². The van der Waals surface area contributed by atoms with Gasteiger partial charge in [-0.2, -0.15) is 0 Å². The lowest BCUT2D eigenvalue weighted by Crippen LogP contribution is -2.49. The van der Waals surface area contributed by atoms with Gasteiger partial charge in [0.05, 0.1) is 18.8 Å². The minimum atomic E-state index is -0.827. The van der Waals surface area contributed by atoms with E-state index in [1.807, 2.05) is 67.6 Å². The van der Waals surface area contributed by atoms with Gasteiger partial charge in [-0.25, -0.2) is 9.59 Å². The third-order valence-electron chi connectivity index (χ3n) is 8.86. The standard InChI is InChI=1S/C31H40N2O4/c1-5-18-36-28(34)26-27(37-31-19-22(2)16-17-25(31)30(31,3)4)33(21-24-14-10-7-11-15-24)29(35)32(26)20-23-12-8-6-9-13-23/h6-15,22,25-27H,5,16-21H2,1-4H3/t22?,25?,26-,27+,31?/m0/s1. The fraction of sp³-hybridized carbons (Fsp3) is 0.548. The summed E-state index contributed by atoms with van der Waals surface area (Å²) in [5, 5.41) is 0. The van der Waals surface area contributed by atoms with Crippen molar-refractivity contribution in [2.75, 3.05) is 6.61 Å². The molecule has 3 fully saturated rings. The highest BCUT2D eigenvalue weighted by Crippen LogP contribution is 2.71. The first kappa shape index (κ1) is 25.8. The van der Waals surface area contributed by atoms with Crippen molar-refractivity contribution in [2.24, 2.45) is 17.3 Å². The van der Waals surface area contributed by atoms with E-state index >= 15 is 0 Å². The van der Waals surface area contributed by atoms with Crippen LogP contribution in [0.5, 0.6) is 0 Å². The van der Waals surface area contributed by atoms with Crippen LogP contribution in [0.25, 0.3) is 0 Å². The van der Waals surface area contributed by atoms with Crippen molar-refractivity contribution in [1.29, 1.82) is 0 Å². The first-order valence-electron chi connectivity index (χ1n) is 13.8. The molecule has 2 aromatic rings. The summed E-state index contributed by atoms with van der Waals surface area (Å²) in [6, 6.07) is 18.8. The van der Waals surface area contributed by atoms with Crippen LogP contribution in [0, 0.1) is 17.3 Å². The molecule has 5 atom stereocenters. The third kappa shape index (κ3) is 4.65. The van der Waals surface area contributed by atoms with E-state index < -0.39 is 12.3 Å². The first-order chi connectivity index (χ1) is 17.8. The summed E-state index contributed by atoms with van der Waals surface area (Å²) in [5.74, 6) is 0.589. The molecule has 2 aliphatic carbocycles. The van der Waals surface area contributed by atoms with Crippen molar-refractivity contribution in [3.8, 4) is 0 Å². The summed E-state index contributed by atoms with van der Waals surface area (Å²) < 4.78 is 12.8. The van der Waals surface area contributed by atoms with Crippen LogP contribution in [0.3, 0.4) is 0 Å². The minimum absolute atomic E-state index is 0.00392. The number of carbonyl (C=O) groups is 2. The molecule has 3 aliphatic rings. The second kappa shape index (κ2) is 10.1. The zero-order valence-corrected chi connectivity index (χ0v) is 22.6. The van der Waals surface area contributed by atoms with Gasteiger partial charge in [-0.1, -0.05) is 94.8 Å². The van der Waals surface area contributed by atoms with Gasteiger partial charge in [0.15, 0.2) is 12.3 Å². The molecule has 0 bridgehead atoms. The Labute approximate surface area is 220 Å². The fourth-order valence-electron chi connectivity index (χ4n) is 6.75. The van der Waals surface area contributed by atoms with E-state index in [2.05, 4.69) is 20.8 Å². The van der Waals surface area contributed by atoms with Crippen molar-refractivity contribution < 1.29 is 19.1 Å². The van der Waals surface area contributed by atoms with Gasteiger partial charge < -0.3 is 14.4 Å². The lowest BCUT2D eigenvalue weighted by atomic mass is 9.88. The second-order valence-corrected chi connectivity index (χ2v) is 11.7. The van der Waals surface area contributed by atoms with Gasteiger partial charge in [0.2, 0.25) is 0 Å². The Kier molecular flexibility index (Phi) is 7.06. The van der Waals surface area contributed by atoms with E-state index in [4.69, 9.17) is 9.47 Å². The number of fused-ring (bicyclic) bond motifs is 1. The van der Waals surface area contributed by atoms with E-state index in [1.54, 1.807) is 9.80 Å². The average Bonchev–Trinajstić information content (AvgIpc) is 3.26. The fourth-order valence-corrected chi connectivity index (χ4v) is 6.75. The summed E-state index contributed by atoms with van der Waals surface area (Å²) >= 11 is 0. The van der Waals surface area contributed by atoms with Crippen LogP contribution in [0.15, 0.2) is 60.7 Å². The van der Waals surface area contributed by atoms with Crippen molar-refractivity contribution in [1.82, 2.24) is 9.80 Å². The predicted octanol–water partition coefficient (Wildman–Crippen LogP) is 6.00. The highest BCUT2D eigenvalue weighted by Gasteiger charge is 2.75. The van der Waals surface area contributed by atoms with Crippen LogP contribution in [0.2, 0.25) is 0 Å². The van der Waals surface area contributed by atoms with Crippen molar-refractivity contribution in [3.63, 3.8) is 0 Å². The van der Waals surface area contributed by atoms with E-state index in [9.17, 15) is 9.59 Å². The molecule has 3 unspecified atom stereocenters. The number of rotatable bonds is 9. The Morgan fingerprint density at radius 3 is 2.14 bits per heavy atom. The maximum atomic E-state index is 14.1. The lowest BCUT2D eigenvalue weighted by molar-refractivity contribution is -0.167. The van der Waals surface area contributed by atoms with Gasteiger partial charge in [0, 0.05) is 6.54 Å². The molecular weight excluding hydrogens is 464 g/mol. The number of amides is 2. The molecule has 0 aromatic heterocycles. The molecule has 2 aromatic carbocycles. The van der Waals surface area contributed by atoms with Gasteiger partial charge in [-0.05, 0) is 47.6 Å². The SMILES string of the molecule is CCCOC(=O)[C@@H]1[C@@H](OC23CC(C)CCC2C3(C)C)N(Cc2ccccc2)C(=O)N1Cc1ccccc1. The Hall–Kier alpha value is -2.86. The van der Waals surface area contributed by atoms with E-state index in [0.717, 1.165) is 30.4 Å². The normalized spacial score (nSPS) is 30.2. The van der Waals surface area contributed by atoms with Gasteiger partial charge in [0.25, 0.3) is 0 Å². The maximum Gasteiger partial charge on any atom is 0.333 e. The second-order valence-electron chi connectivity index (χ2n) is 11.7.